The van der Waals surface area contributed by atoms with Crippen LogP contribution in [-0.2, 0) is 0 Å². The average Bonchev–Trinajstić information content (AvgIpc) is 2.84. The van der Waals surface area contributed by atoms with Crippen molar-refractivity contribution in [3.8, 4) is 0 Å². The summed E-state index contributed by atoms with van der Waals surface area (Å²) in [4.78, 5) is 6.41. The molecule has 19 heavy (non-hydrogen) atoms. The number of benzene rings is 2. The Labute approximate surface area is 120 Å². The topological polar surface area (TPSA) is 17.8 Å². The molecule has 0 aliphatic carbocycles. The summed E-state index contributed by atoms with van der Waals surface area (Å²) in [5.74, 6) is 0. The summed E-state index contributed by atoms with van der Waals surface area (Å²) in [6.45, 7) is 2.08. The van der Waals surface area contributed by atoms with Gasteiger partial charge < -0.3 is 0 Å². The van der Waals surface area contributed by atoms with E-state index >= 15 is 0 Å². The molecule has 0 bridgehead atoms. The predicted molar refractivity (Wildman–Crippen MR) is 83.2 cm³/mol. The van der Waals surface area contributed by atoms with Crippen molar-refractivity contribution in [2.24, 2.45) is 0 Å². The molecule has 1 aromatic heterocycles. The van der Waals surface area contributed by atoms with E-state index in [1.54, 1.807) is 0 Å². The zero-order valence-corrected chi connectivity index (χ0v) is 12.1. The van der Waals surface area contributed by atoms with Crippen molar-refractivity contribution in [1.82, 2.24) is 9.55 Å². The van der Waals surface area contributed by atoms with Gasteiger partial charge in [-0.3, -0.25) is 4.57 Å². The molecule has 3 rings (SSSR count). The fourth-order valence-electron chi connectivity index (χ4n) is 2.18. The summed E-state index contributed by atoms with van der Waals surface area (Å²) < 4.78 is 2.10. The number of aryl methyl sites for hydroxylation is 1. The monoisotopic (exact) mass is 312 g/mol. The highest BCUT2D eigenvalue weighted by molar-refractivity contribution is 9.11. The van der Waals surface area contributed by atoms with E-state index in [4.69, 9.17) is 0 Å². The number of hydrogen-bond donors (Lipinski definition) is 0. The lowest BCUT2D eigenvalue weighted by molar-refractivity contribution is 1.13. The Bertz CT molecular complexity index is 742. The van der Waals surface area contributed by atoms with Crippen molar-refractivity contribution in [2.45, 2.75) is 6.92 Å². The van der Waals surface area contributed by atoms with E-state index in [9.17, 15) is 0 Å². The Kier molecular flexibility index (Phi) is 3.22. The first kappa shape index (κ1) is 12.2. The first-order valence-corrected chi connectivity index (χ1v) is 7.01. The molecule has 0 atom stereocenters. The van der Waals surface area contributed by atoms with E-state index in [2.05, 4.69) is 62.7 Å². The Morgan fingerprint density at radius 2 is 1.95 bits per heavy atom. The van der Waals surface area contributed by atoms with E-state index in [-0.39, 0.29) is 0 Å². The van der Waals surface area contributed by atoms with Gasteiger partial charge in [0.15, 0.2) is 0 Å². The summed E-state index contributed by atoms with van der Waals surface area (Å²) >= 11 is 3.46. The fraction of sp³-hybridized carbons (Fsp3) is 0.0625. The molecule has 0 saturated heterocycles. The largest absolute Gasteiger partial charge is 0.298 e. The van der Waals surface area contributed by atoms with Gasteiger partial charge in [-0.15, -0.1) is 0 Å². The second kappa shape index (κ2) is 5.02. The van der Waals surface area contributed by atoms with Gasteiger partial charge in [0.1, 0.15) is 6.33 Å². The highest BCUT2D eigenvalue weighted by Crippen LogP contribution is 2.24. The quantitative estimate of drug-likeness (QED) is 0.677. The molecule has 2 aromatic carbocycles. The van der Waals surface area contributed by atoms with Crippen molar-refractivity contribution in [1.29, 1.82) is 0 Å². The maximum absolute atomic E-state index is 4.48. The summed E-state index contributed by atoms with van der Waals surface area (Å²) in [5, 5.41) is 0. The molecule has 94 valence electrons. The second-order valence-electron chi connectivity index (χ2n) is 4.47. The molecule has 0 fully saturated rings. The minimum atomic E-state index is 1.02. The van der Waals surface area contributed by atoms with Gasteiger partial charge in [-0.05, 0) is 30.2 Å². The highest BCUT2D eigenvalue weighted by atomic mass is 79.9. The summed E-state index contributed by atoms with van der Waals surface area (Å²) in [5.41, 5.74) is 5.58. The zero-order chi connectivity index (χ0) is 13.2. The molecule has 0 aliphatic rings. The van der Waals surface area contributed by atoms with E-state index in [0.29, 0.717) is 0 Å². The molecule has 0 aliphatic heterocycles. The number of imidazole rings is 1. The number of halogens is 1. The van der Waals surface area contributed by atoms with Gasteiger partial charge in [-0.2, -0.15) is 0 Å². The molecule has 0 N–H and O–H groups in total. The standard InChI is InChI=1S/C16H13BrN2/c1-12-7-8-15-14(9-12)18-11-19(15)16(10-17)13-5-3-2-4-6-13/h2-11H,1H3. The van der Waals surface area contributed by atoms with Gasteiger partial charge in [0.25, 0.3) is 0 Å². The van der Waals surface area contributed by atoms with Crippen molar-refractivity contribution >= 4 is 32.7 Å². The normalized spacial score (nSPS) is 12.0. The Morgan fingerprint density at radius 1 is 1.16 bits per heavy atom. The van der Waals surface area contributed by atoms with Crippen molar-refractivity contribution in [3.05, 3.63) is 71.0 Å². The van der Waals surface area contributed by atoms with Gasteiger partial charge in [0.05, 0.1) is 16.7 Å². The molecule has 0 amide bonds. The van der Waals surface area contributed by atoms with Crippen LogP contribution in [0.2, 0.25) is 0 Å². The van der Waals surface area contributed by atoms with Crippen LogP contribution in [0.25, 0.3) is 16.7 Å². The molecular weight excluding hydrogens is 300 g/mol. The number of aromatic nitrogens is 2. The predicted octanol–water partition coefficient (Wildman–Crippen LogP) is 4.59. The molecule has 3 heteroatoms. The van der Waals surface area contributed by atoms with Crippen LogP contribution < -0.4 is 0 Å². The molecular formula is C16H13BrN2. The van der Waals surface area contributed by atoms with Gasteiger partial charge in [0, 0.05) is 4.99 Å². The maximum Gasteiger partial charge on any atom is 0.100 e. The van der Waals surface area contributed by atoms with Crippen LogP contribution >= 0.6 is 15.9 Å². The van der Waals surface area contributed by atoms with Crippen LogP contribution in [-0.4, -0.2) is 9.55 Å². The van der Waals surface area contributed by atoms with Crippen molar-refractivity contribution in [2.75, 3.05) is 0 Å². The SMILES string of the molecule is Cc1ccc2c(c1)ncn2C(=CBr)c1ccccc1. The molecule has 3 aromatic rings. The fourth-order valence-corrected chi connectivity index (χ4v) is 2.66. The average molecular weight is 313 g/mol. The van der Waals surface area contributed by atoms with Crippen molar-refractivity contribution in [3.63, 3.8) is 0 Å². The minimum absolute atomic E-state index is 1.02. The lowest BCUT2D eigenvalue weighted by Gasteiger charge is -2.09. The van der Waals surface area contributed by atoms with Crippen LogP contribution in [0.1, 0.15) is 11.1 Å². The van der Waals surface area contributed by atoms with Gasteiger partial charge in [-0.25, -0.2) is 4.98 Å². The first-order valence-electron chi connectivity index (χ1n) is 6.09. The summed E-state index contributed by atoms with van der Waals surface area (Å²) in [7, 11) is 0. The third kappa shape index (κ3) is 2.22. The Balaban J connectivity index is 2.18. The van der Waals surface area contributed by atoms with Crippen LogP contribution in [0.4, 0.5) is 0 Å². The first-order chi connectivity index (χ1) is 9.29. The number of rotatable bonds is 2. The van der Waals surface area contributed by atoms with Gasteiger partial charge in [0.2, 0.25) is 0 Å². The van der Waals surface area contributed by atoms with Gasteiger partial charge >= 0.3 is 0 Å². The Hall–Kier alpha value is -1.87. The van der Waals surface area contributed by atoms with Crippen LogP contribution in [0.5, 0.6) is 0 Å². The Morgan fingerprint density at radius 3 is 2.68 bits per heavy atom. The molecule has 0 unspecified atom stereocenters. The van der Waals surface area contributed by atoms with E-state index < -0.39 is 0 Å². The number of nitrogens with zero attached hydrogens (tertiary/aromatic N) is 2. The number of hydrogen-bond acceptors (Lipinski definition) is 1. The van der Waals surface area contributed by atoms with Gasteiger partial charge in [-0.1, -0.05) is 52.3 Å². The summed E-state index contributed by atoms with van der Waals surface area (Å²) in [6.07, 6.45) is 1.87. The van der Waals surface area contributed by atoms with Crippen LogP contribution in [0.3, 0.4) is 0 Å². The lowest BCUT2D eigenvalue weighted by Crippen LogP contribution is -1.96. The molecule has 0 radical (unpaired) electrons. The minimum Gasteiger partial charge on any atom is -0.298 e. The van der Waals surface area contributed by atoms with Crippen LogP contribution in [0.15, 0.2) is 59.8 Å². The third-order valence-corrected chi connectivity index (χ3v) is 3.57. The molecule has 0 saturated carbocycles. The lowest BCUT2D eigenvalue weighted by atomic mass is 10.1. The number of fused-ring (bicyclic) bond motifs is 1. The molecule has 0 spiro atoms. The van der Waals surface area contributed by atoms with Crippen LogP contribution in [0, 0.1) is 6.92 Å². The smallest absolute Gasteiger partial charge is 0.100 e. The summed E-state index contributed by atoms with van der Waals surface area (Å²) in [6, 6.07) is 16.6. The maximum atomic E-state index is 4.48. The second-order valence-corrected chi connectivity index (χ2v) is 4.92. The van der Waals surface area contributed by atoms with E-state index in [0.717, 1.165) is 22.3 Å². The zero-order valence-electron chi connectivity index (χ0n) is 10.5. The van der Waals surface area contributed by atoms with E-state index in [1.807, 2.05) is 29.5 Å². The third-order valence-electron chi connectivity index (χ3n) is 3.14. The highest BCUT2D eigenvalue weighted by Gasteiger charge is 2.08. The molecule has 1 heterocycles. The van der Waals surface area contributed by atoms with Crippen molar-refractivity contribution < 1.29 is 0 Å². The van der Waals surface area contributed by atoms with E-state index in [1.165, 1.54) is 5.56 Å². The molecule has 2 nitrogen and oxygen atoms in total.